The van der Waals surface area contributed by atoms with Gasteiger partial charge >= 0.3 is 10.1 Å². The number of rotatable bonds is 11. The maximum absolute atomic E-state index is 11.7. The molecule has 0 bridgehead atoms. The molecule has 0 atom stereocenters. The number of carbonyl (C=O) groups excluding carboxylic acids is 1. The van der Waals surface area contributed by atoms with E-state index in [-0.39, 0.29) is 16.9 Å². The Labute approximate surface area is 126 Å². The molecule has 1 aliphatic rings. The van der Waals surface area contributed by atoms with Gasteiger partial charge in [-0.15, -0.1) is 0 Å². The lowest BCUT2D eigenvalue weighted by Gasteiger charge is -2.03. The van der Waals surface area contributed by atoms with Gasteiger partial charge in [0.2, 0.25) is 0 Å². The number of Topliss-reactive ketones (excluding diaryl/α,β-unsaturated/α-hetero) is 1. The highest BCUT2D eigenvalue weighted by Gasteiger charge is 2.32. The van der Waals surface area contributed by atoms with Gasteiger partial charge in [-0.05, 0) is 35.7 Å². The zero-order valence-corrected chi connectivity index (χ0v) is 14.1. The van der Waals surface area contributed by atoms with Gasteiger partial charge in [-0.1, -0.05) is 19.8 Å². The molecule has 0 aromatic heterocycles. The van der Waals surface area contributed by atoms with Gasteiger partial charge in [0.05, 0.1) is 5.75 Å². The highest BCUT2D eigenvalue weighted by Crippen LogP contribution is 2.18. The maximum atomic E-state index is 11.7. The average molecular weight is 324 g/mol. The smallest absolute Gasteiger partial charge is 0.300 e. The van der Waals surface area contributed by atoms with Crippen LogP contribution in [0.3, 0.4) is 0 Å². The summed E-state index contributed by atoms with van der Waals surface area (Å²) in [6.45, 7) is 2.07. The van der Waals surface area contributed by atoms with Crippen LogP contribution in [0, 0.1) is 0 Å². The summed E-state index contributed by atoms with van der Waals surface area (Å²) in [6, 6.07) is 0. The van der Waals surface area contributed by atoms with E-state index in [1.165, 1.54) is 0 Å². The van der Waals surface area contributed by atoms with Crippen LogP contribution in [0.4, 0.5) is 0 Å². The first kappa shape index (κ1) is 18.0. The van der Waals surface area contributed by atoms with E-state index in [0.29, 0.717) is 25.0 Å². The Bertz CT molecular complexity index is 373. The van der Waals surface area contributed by atoms with E-state index in [1.54, 1.807) is 0 Å². The third-order valence-electron chi connectivity index (χ3n) is 3.35. The lowest BCUT2D eigenvalue weighted by molar-refractivity contribution is -0.119. The second-order valence-electron chi connectivity index (χ2n) is 5.34. The molecule has 0 aromatic carbocycles. The molecular weight excluding hydrogens is 296 g/mol. The molecule has 20 heavy (non-hydrogen) atoms. The van der Waals surface area contributed by atoms with Crippen molar-refractivity contribution in [2.24, 2.45) is 0 Å². The maximum Gasteiger partial charge on any atom is 0.311 e. The fourth-order valence-corrected chi connectivity index (χ4v) is 5.96. The average Bonchev–Trinajstić information content (AvgIpc) is 2.87. The topological polar surface area (TPSA) is 60.4 Å². The van der Waals surface area contributed by atoms with E-state index >= 15 is 0 Å². The van der Waals surface area contributed by atoms with E-state index in [9.17, 15) is 13.2 Å². The first-order valence-corrected chi connectivity index (χ1v) is 10.7. The van der Waals surface area contributed by atoms with Crippen molar-refractivity contribution >= 4 is 27.1 Å². The highest BCUT2D eigenvalue weighted by atomic mass is 32.3. The molecule has 4 nitrogen and oxygen atoms in total. The van der Waals surface area contributed by atoms with Gasteiger partial charge in [0, 0.05) is 12.8 Å². The van der Waals surface area contributed by atoms with Crippen LogP contribution in [0.15, 0.2) is 0 Å². The Kier molecular flexibility index (Phi) is 8.80. The number of carbonyl (C=O) groups is 1. The summed E-state index contributed by atoms with van der Waals surface area (Å²) in [4.78, 5) is 11.5. The van der Waals surface area contributed by atoms with Crippen LogP contribution < -0.4 is 0 Å². The molecule has 118 valence electrons. The third kappa shape index (κ3) is 8.27. The Morgan fingerprint density at radius 2 is 1.70 bits per heavy atom. The number of ketones is 1. The molecule has 0 N–H and O–H groups in total. The molecule has 0 unspecified atom stereocenters. The second-order valence-corrected chi connectivity index (χ2v) is 9.10. The molecule has 0 aromatic rings. The van der Waals surface area contributed by atoms with Crippen LogP contribution in [-0.4, -0.2) is 31.5 Å². The summed E-state index contributed by atoms with van der Waals surface area (Å²) < 4.78 is 28.7. The van der Waals surface area contributed by atoms with Crippen molar-refractivity contribution in [1.82, 2.24) is 0 Å². The summed E-state index contributed by atoms with van der Waals surface area (Å²) in [7, 11) is -3.35. The van der Waals surface area contributed by atoms with Gasteiger partial charge in [0.1, 0.15) is 17.3 Å². The van der Waals surface area contributed by atoms with E-state index in [4.69, 9.17) is 3.63 Å². The van der Waals surface area contributed by atoms with E-state index < -0.39 is 10.1 Å². The van der Waals surface area contributed by atoms with Crippen LogP contribution in [0.1, 0.15) is 64.7 Å². The van der Waals surface area contributed by atoms with Gasteiger partial charge in [0.15, 0.2) is 11.2 Å². The molecule has 0 saturated carbocycles. The number of unbranched alkanes of at least 4 members (excludes halogenated alkanes) is 3. The first-order valence-electron chi connectivity index (χ1n) is 7.65. The lowest BCUT2D eigenvalue weighted by atomic mass is 10.1. The molecule has 6 heteroatoms. The fraction of sp³-hybridized carbons (Fsp3) is 0.929. The molecule has 1 fully saturated rings. The minimum atomic E-state index is -3.35. The normalized spacial score (nSPS) is 16.6. The monoisotopic (exact) mass is 323 g/mol. The second kappa shape index (κ2) is 9.79. The van der Waals surface area contributed by atoms with Crippen molar-refractivity contribution in [1.29, 1.82) is 0 Å². The zero-order valence-electron chi connectivity index (χ0n) is 12.4. The van der Waals surface area contributed by atoms with Crippen molar-refractivity contribution in [2.75, 3.05) is 17.3 Å². The quantitative estimate of drug-likeness (QED) is 0.433. The summed E-state index contributed by atoms with van der Waals surface area (Å²) in [5.41, 5.74) is 0. The van der Waals surface area contributed by atoms with Crippen LogP contribution in [0.5, 0.6) is 0 Å². The van der Waals surface area contributed by atoms with E-state index in [2.05, 4.69) is 6.92 Å². The van der Waals surface area contributed by atoms with Gasteiger partial charge in [-0.2, -0.15) is 8.42 Å². The fourth-order valence-electron chi connectivity index (χ4n) is 2.15. The van der Waals surface area contributed by atoms with Gasteiger partial charge in [-0.3, -0.25) is 4.79 Å². The minimum Gasteiger partial charge on any atom is -0.300 e. The van der Waals surface area contributed by atoms with Crippen molar-refractivity contribution in [3.63, 3.8) is 0 Å². The molecule has 1 saturated heterocycles. The van der Waals surface area contributed by atoms with Gasteiger partial charge in [0.25, 0.3) is 0 Å². The van der Waals surface area contributed by atoms with Gasteiger partial charge < -0.3 is 0 Å². The van der Waals surface area contributed by atoms with Crippen LogP contribution in [-0.2, 0) is 29.7 Å². The molecule has 1 heterocycles. The highest BCUT2D eigenvalue weighted by molar-refractivity contribution is 8.02. The van der Waals surface area contributed by atoms with Crippen LogP contribution in [0.2, 0.25) is 0 Å². The Morgan fingerprint density at radius 1 is 1.05 bits per heavy atom. The summed E-state index contributed by atoms with van der Waals surface area (Å²) in [5.74, 6) is 2.19. The SMILES string of the molecule is CCCCC(=O)CCCCCS(=O)(=O)O[S+]1CCCC1. The number of hydrogen-bond acceptors (Lipinski definition) is 4. The largest absolute Gasteiger partial charge is 0.311 e. The lowest BCUT2D eigenvalue weighted by Crippen LogP contribution is -2.18. The van der Waals surface area contributed by atoms with Gasteiger partial charge in [-0.25, -0.2) is 0 Å². The Hall–Kier alpha value is -0.0700. The van der Waals surface area contributed by atoms with E-state index in [1.807, 2.05) is 0 Å². The molecule has 1 aliphatic heterocycles. The molecule has 0 radical (unpaired) electrons. The van der Waals surface area contributed by atoms with Crippen molar-refractivity contribution in [2.45, 2.75) is 64.7 Å². The molecular formula is C14H27O4S2+. The Morgan fingerprint density at radius 3 is 2.35 bits per heavy atom. The molecule has 0 aliphatic carbocycles. The molecule has 0 spiro atoms. The Balaban J connectivity index is 2.06. The van der Waals surface area contributed by atoms with E-state index in [0.717, 1.165) is 50.0 Å². The summed E-state index contributed by atoms with van der Waals surface area (Å²) in [5, 5.41) is 0. The molecule has 1 rings (SSSR count). The van der Waals surface area contributed by atoms with Crippen LogP contribution >= 0.6 is 0 Å². The molecule has 0 amide bonds. The first-order chi connectivity index (χ1) is 9.53. The predicted molar refractivity (Wildman–Crippen MR) is 84.2 cm³/mol. The third-order valence-corrected chi connectivity index (χ3v) is 7.23. The predicted octanol–water partition coefficient (Wildman–Crippen LogP) is 2.98. The van der Waals surface area contributed by atoms with Crippen molar-refractivity contribution < 1.29 is 16.8 Å². The van der Waals surface area contributed by atoms with Crippen molar-refractivity contribution in [3.05, 3.63) is 0 Å². The number of hydrogen-bond donors (Lipinski definition) is 0. The zero-order chi connectivity index (χ0) is 14.8. The standard InChI is InChI=1S/C14H27O4S2/c1-2-3-9-14(15)10-5-4-8-13-20(16,17)18-19-11-6-7-12-19/h2-13H2,1H3/q+1. The van der Waals surface area contributed by atoms with Crippen LogP contribution in [0.25, 0.3) is 0 Å². The summed E-state index contributed by atoms with van der Waals surface area (Å²) >= 11 is -0.357. The summed E-state index contributed by atoms with van der Waals surface area (Å²) in [6.07, 6.45) is 7.61. The van der Waals surface area contributed by atoms with Crippen molar-refractivity contribution in [3.8, 4) is 0 Å². The minimum absolute atomic E-state index is 0.0969.